The van der Waals surface area contributed by atoms with Gasteiger partial charge < -0.3 is 5.32 Å². The van der Waals surface area contributed by atoms with E-state index in [1.807, 2.05) is 11.3 Å². The first-order valence-corrected chi connectivity index (χ1v) is 12.3. The molecule has 7 rings (SSSR count). The van der Waals surface area contributed by atoms with Gasteiger partial charge in [0.05, 0.1) is 0 Å². The SMILES string of the molecule is c1ccc2cc(Nc3cccc4c(-c5cccc6sc7ccccc7c56)cccc34)ccc2c1. The maximum atomic E-state index is 3.68. The fourth-order valence-electron chi connectivity index (χ4n) is 5.08. The second kappa shape index (κ2) is 7.72. The topological polar surface area (TPSA) is 12.0 Å². The smallest absolute Gasteiger partial charge is 0.0464 e. The van der Waals surface area contributed by atoms with Crippen molar-refractivity contribution in [2.24, 2.45) is 0 Å². The van der Waals surface area contributed by atoms with Crippen molar-refractivity contribution < 1.29 is 0 Å². The van der Waals surface area contributed by atoms with E-state index in [-0.39, 0.29) is 0 Å². The Balaban J connectivity index is 1.41. The molecule has 2 heteroatoms. The van der Waals surface area contributed by atoms with Crippen LogP contribution in [0.25, 0.3) is 52.8 Å². The van der Waals surface area contributed by atoms with E-state index in [4.69, 9.17) is 0 Å². The fraction of sp³-hybridized carbons (Fsp3) is 0. The normalized spacial score (nSPS) is 11.5. The molecule has 0 unspecified atom stereocenters. The van der Waals surface area contributed by atoms with Crippen molar-refractivity contribution in [3.05, 3.63) is 121 Å². The summed E-state index contributed by atoms with van der Waals surface area (Å²) in [5.74, 6) is 0. The molecule has 34 heavy (non-hydrogen) atoms. The van der Waals surface area contributed by atoms with Gasteiger partial charge in [0.25, 0.3) is 0 Å². The van der Waals surface area contributed by atoms with E-state index in [1.165, 1.54) is 52.8 Å². The van der Waals surface area contributed by atoms with E-state index in [1.54, 1.807) is 0 Å². The van der Waals surface area contributed by atoms with E-state index in [2.05, 4.69) is 127 Å². The van der Waals surface area contributed by atoms with Gasteiger partial charge in [-0.25, -0.2) is 0 Å². The summed E-state index contributed by atoms with van der Waals surface area (Å²) >= 11 is 1.87. The van der Waals surface area contributed by atoms with E-state index in [0.29, 0.717) is 0 Å². The van der Waals surface area contributed by atoms with E-state index < -0.39 is 0 Å². The van der Waals surface area contributed by atoms with E-state index in [9.17, 15) is 0 Å². The van der Waals surface area contributed by atoms with Gasteiger partial charge in [-0.2, -0.15) is 0 Å². The van der Waals surface area contributed by atoms with Gasteiger partial charge in [-0.05, 0) is 57.6 Å². The zero-order valence-corrected chi connectivity index (χ0v) is 19.3. The van der Waals surface area contributed by atoms with Crippen LogP contribution in [0.3, 0.4) is 0 Å². The predicted molar refractivity (Wildman–Crippen MR) is 150 cm³/mol. The molecule has 160 valence electrons. The molecule has 0 radical (unpaired) electrons. The zero-order valence-electron chi connectivity index (χ0n) is 18.5. The molecule has 1 N–H and O–H groups in total. The zero-order chi connectivity index (χ0) is 22.5. The molecule has 0 aliphatic carbocycles. The van der Waals surface area contributed by atoms with Crippen molar-refractivity contribution >= 4 is 64.4 Å². The van der Waals surface area contributed by atoms with Gasteiger partial charge in [-0.1, -0.05) is 91.0 Å². The summed E-state index contributed by atoms with van der Waals surface area (Å²) in [6.45, 7) is 0. The van der Waals surface area contributed by atoms with Crippen molar-refractivity contribution in [1.82, 2.24) is 0 Å². The Morgan fingerprint density at radius 1 is 0.471 bits per heavy atom. The monoisotopic (exact) mass is 451 g/mol. The maximum absolute atomic E-state index is 3.68. The van der Waals surface area contributed by atoms with Gasteiger partial charge in [-0.3, -0.25) is 0 Å². The molecule has 0 atom stereocenters. The molecular weight excluding hydrogens is 430 g/mol. The third kappa shape index (κ3) is 3.07. The Kier molecular flexibility index (Phi) is 4.39. The quantitative estimate of drug-likeness (QED) is 0.282. The third-order valence-electron chi connectivity index (χ3n) is 6.64. The minimum atomic E-state index is 1.10. The van der Waals surface area contributed by atoms with Crippen LogP contribution in [0.2, 0.25) is 0 Å². The van der Waals surface area contributed by atoms with Crippen molar-refractivity contribution in [1.29, 1.82) is 0 Å². The van der Waals surface area contributed by atoms with Crippen LogP contribution < -0.4 is 5.32 Å². The molecule has 0 saturated heterocycles. The highest BCUT2D eigenvalue weighted by molar-refractivity contribution is 7.25. The molecule has 0 aliphatic heterocycles. The van der Waals surface area contributed by atoms with Crippen LogP contribution in [-0.4, -0.2) is 0 Å². The number of benzene rings is 6. The minimum Gasteiger partial charge on any atom is -0.355 e. The molecule has 6 aromatic carbocycles. The van der Waals surface area contributed by atoms with Gasteiger partial charge in [0.2, 0.25) is 0 Å². The Bertz CT molecular complexity index is 1840. The second-order valence-electron chi connectivity index (χ2n) is 8.67. The Morgan fingerprint density at radius 3 is 2.15 bits per heavy atom. The summed E-state index contributed by atoms with van der Waals surface area (Å²) in [7, 11) is 0. The number of thiophene rings is 1. The van der Waals surface area contributed by atoms with Crippen LogP contribution in [0, 0.1) is 0 Å². The minimum absolute atomic E-state index is 1.10. The number of hydrogen-bond donors (Lipinski definition) is 1. The molecule has 1 nitrogen and oxygen atoms in total. The maximum Gasteiger partial charge on any atom is 0.0464 e. The summed E-state index contributed by atoms with van der Waals surface area (Å²) in [5, 5.41) is 11.3. The Hall–Kier alpha value is -4.14. The second-order valence-corrected chi connectivity index (χ2v) is 9.75. The molecule has 0 spiro atoms. The number of fused-ring (bicyclic) bond motifs is 5. The van der Waals surface area contributed by atoms with Gasteiger partial charge in [0, 0.05) is 36.9 Å². The van der Waals surface area contributed by atoms with Crippen LogP contribution in [0.15, 0.2) is 121 Å². The first-order valence-electron chi connectivity index (χ1n) is 11.5. The molecular formula is C32H21NS. The van der Waals surface area contributed by atoms with Crippen LogP contribution >= 0.6 is 11.3 Å². The lowest BCUT2D eigenvalue weighted by Crippen LogP contribution is -1.92. The molecule has 0 saturated carbocycles. The lowest BCUT2D eigenvalue weighted by atomic mass is 9.94. The van der Waals surface area contributed by atoms with Crippen molar-refractivity contribution in [3.63, 3.8) is 0 Å². The largest absolute Gasteiger partial charge is 0.355 e. The molecule has 0 amide bonds. The molecule has 0 bridgehead atoms. The molecule has 1 aromatic heterocycles. The van der Waals surface area contributed by atoms with Crippen molar-refractivity contribution in [3.8, 4) is 11.1 Å². The summed E-state index contributed by atoms with van der Waals surface area (Å²) in [6, 6.07) is 43.7. The van der Waals surface area contributed by atoms with Gasteiger partial charge in [-0.15, -0.1) is 11.3 Å². The average Bonchev–Trinajstić information content (AvgIpc) is 3.27. The van der Waals surface area contributed by atoms with Gasteiger partial charge >= 0.3 is 0 Å². The lowest BCUT2D eigenvalue weighted by Gasteiger charge is -2.14. The highest BCUT2D eigenvalue weighted by Gasteiger charge is 2.13. The first-order chi connectivity index (χ1) is 16.8. The Morgan fingerprint density at radius 2 is 1.18 bits per heavy atom. The predicted octanol–water partition coefficient (Wildman–Crippen LogP) is 9.77. The van der Waals surface area contributed by atoms with Crippen LogP contribution in [-0.2, 0) is 0 Å². The standard InChI is InChI=1S/C32H21NS/c1-2-9-22-20-23(19-18-21(22)8-1)33-29-15-6-12-24-25(11-5-13-26(24)29)27-14-7-17-31-32(27)28-10-3-4-16-30(28)34-31/h1-20,33H. The van der Waals surface area contributed by atoms with Crippen LogP contribution in [0.5, 0.6) is 0 Å². The fourth-order valence-corrected chi connectivity index (χ4v) is 6.21. The van der Waals surface area contributed by atoms with E-state index >= 15 is 0 Å². The van der Waals surface area contributed by atoms with Crippen molar-refractivity contribution in [2.75, 3.05) is 5.32 Å². The molecule has 1 heterocycles. The Labute approximate surface area is 201 Å². The van der Waals surface area contributed by atoms with Crippen LogP contribution in [0.4, 0.5) is 11.4 Å². The van der Waals surface area contributed by atoms with Gasteiger partial charge in [0.15, 0.2) is 0 Å². The summed E-state index contributed by atoms with van der Waals surface area (Å²) in [4.78, 5) is 0. The number of nitrogens with one attached hydrogen (secondary N) is 1. The molecule has 0 aliphatic rings. The number of rotatable bonds is 3. The number of hydrogen-bond acceptors (Lipinski definition) is 2. The highest BCUT2D eigenvalue weighted by atomic mass is 32.1. The highest BCUT2D eigenvalue weighted by Crippen LogP contribution is 2.42. The third-order valence-corrected chi connectivity index (χ3v) is 7.78. The number of anilines is 2. The summed E-state index contributed by atoms with van der Waals surface area (Å²) < 4.78 is 2.67. The lowest BCUT2D eigenvalue weighted by molar-refractivity contribution is 1.60. The van der Waals surface area contributed by atoms with E-state index in [0.717, 1.165) is 11.4 Å². The average molecular weight is 452 g/mol. The first kappa shape index (κ1) is 19.3. The molecule has 7 aromatic rings. The summed E-state index contributed by atoms with van der Waals surface area (Å²) in [6.07, 6.45) is 0. The van der Waals surface area contributed by atoms with Crippen molar-refractivity contribution in [2.45, 2.75) is 0 Å². The molecule has 0 fully saturated rings. The summed E-state index contributed by atoms with van der Waals surface area (Å²) in [5.41, 5.74) is 4.79. The van der Waals surface area contributed by atoms with Gasteiger partial charge in [0.1, 0.15) is 0 Å². The van der Waals surface area contributed by atoms with Crippen LogP contribution in [0.1, 0.15) is 0 Å².